The maximum absolute atomic E-state index is 13.1. The summed E-state index contributed by atoms with van der Waals surface area (Å²) >= 11 is 0. The van der Waals surface area contributed by atoms with Crippen molar-refractivity contribution < 1.29 is 36.4 Å². The SMILES string of the molecule is O=C(OCC(F)(F)S(=O)(=O)O)C12CC3CC(CC(C3)C1)C2.Oc1ccc([S+](c2ccccc2)c2ccccc2)cc1. The Morgan fingerprint density at radius 1 is 0.805 bits per heavy atom. The number of alkyl halides is 2. The summed E-state index contributed by atoms with van der Waals surface area (Å²) in [5, 5.41) is 5.03. The monoisotopic (exact) mass is 603 g/mol. The van der Waals surface area contributed by atoms with Crippen molar-refractivity contribution in [2.24, 2.45) is 23.2 Å². The second-order valence-corrected chi connectivity index (χ2v) is 14.9. The maximum atomic E-state index is 13.1. The molecule has 3 aromatic rings. The highest BCUT2D eigenvalue weighted by molar-refractivity contribution is 7.97. The van der Waals surface area contributed by atoms with E-state index in [4.69, 9.17) is 4.55 Å². The van der Waals surface area contributed by atoms with Crippen molar-refractivity contribution in [2.45, 2.75) is 58.5 Å². The molecule has 0 spiro atoms. The Labute approximate surface area is 241 Å². The second-order valence-electron chi connectivity index (χ2n) is 11.3. The van der Waals surface area contributed by atoms with Crippen molar-refractivity contribution in [3.8, 4) is 5.75 Å². The summed E-state index contributed by atoms with van der Waals surface area (Å²) in [6.45, 7) is -1.62. The molecule has 0 radical (unpaired) electrons. The van der Waals surface area contributed by atoms with Crippen LogP contribution in [0.4, 0.5) is 8.78 Å². The molecule has 0 aliphatic heterocycles. The van der Waals surface area contributed by atoms with Gasteiger partial charge in [0.2, 0.25) is 0 Å². The Balaban J connectivity index is 0.000000165. The topological polar surface area (TPSA) is 101 Å². The Bertz CT molecular complexity index is 1370. The normalized spacial score (nSPS) is 24.9. The van der Waals surface area contributed by atoms with Gasteiger partial charge in [0.25, 0.3) is 0 Å². The van der Waals surface area contributed by atoms with E-state index >= 15 is 0 Å². The zero-order chi connectivity index (χ0) is 29.3. The second kappa shape index (κ2) is 11.7. The summed E-state index contributed by atoms with van der Waals surface area (Å²) in [5.41, 5.74) is -0.718. The number of esters is 1. The van der Waals surface area contributed by atoms with E-state index in [0.717, 1.165) is 19.3 Å². The number of ether oxygens (including phenoxy) is 1. The fraction of sp³-hybridized carbons (Fsp3) is 0.387. The number of halogens is 2. The molecule has 0 aromatic heterocycles. The zero-order valence-electron chi connectivity index (χ0n) is 22.4. The first kappa shape index (κ1) is 29.5. The van der Waals surface area contributed by atoms with Crippen LogP contribution in [0.3, 0.4) is 0 Å². The van der Waals surface area contributed by atoms with Crippen LogP contribution < -0.4 is 0 Å². The van der Waals surface area contributed by atoms with Crippen LogP contribution in [0.25, 0.3) is 0 Å². The van der Waals surface area contributed by atoms with Crippen LogP contribution in [0, 0.1) is 23.2 Å². The third kappa shape index (κ3) is 6.60. The molecule has 0 atom stereocenters. The third-order valence-corrected chi connectivity index (χ3v) is 11.4. The number of phenols is 1. The van der Waals surface area contributed by atoms with E-state index in [0.29, 0.717) is 42.8 Å². The van der Waals surface area contributed by atoms with Crippen LogP contribution in [0.5, 0.6) is 5.75 Å². The van der Waals surface area contributed by atoms with Gasteiger partial charge in [-0.25, -0.2) is 0 Å². The van der Waals surface area contributed by atoms with E-state index in [1.165, 1.54) is 14.7 Å². The van der Waals surface area contributed by atoms with Gasteiger partial charge in [-0.1, -0.05) is 36.4 Å². The Morgan fingerprint density at radius 2 is 1.22 bits per heavy atom. The van der Waals surface area contributed by atoms with E-state index in [1.807, 2.05) is 24.3 Å². The summed E-state index contributed by atoms with van der Waals surface area (Å²) in [7, 11) is -5.70. The van der Waals surface area contributed by atoms with Crippen molar-refractivity contribution in [3.63, 3.8) is 0 Å². The highest BCUT2D eigenvalue weighted by atomic mass is 32.2. The van der Waals surface area contributed by atoms with E-state index in [-0.39, 0.29) is 10.9 Å². The first-order valence-electron chi connectivity index (χ1n) is 13.6. The van der Waals surface area contributed by atoms with Gasteiger partial charge in [0.15, 0.2) is 21.3 Å². The van der Waals surface area contributed by atoms with E-state index < -0.39 is 33.4 Å². The lowest BCUT2D eigenvalue weighted by atomic mass is 9.49. The van der Waals surface area contributed by atoms with Crippen LogP contribution >= 0.6 is 0 Å². The number of aromatic hydroxyl groups is 1. The number of carbonyl (C=O) groups excluding carboxylic acids is 1. The van der Waals surface area contributed by atoms with Gasteiger partial charge in [-0.05, 0) is 105 Å². The third-order valence-electron chi connectivity index (χ3n) is 8.25. The lowest BCUT2D eigenvalue weighted by Crippen LogP contribution is -2.51. The molecule has 2 N–H and O–H groups in total. The van der Waals surface area contributed by atoms with Gasteiger partial charge < -0.3 is 9.84 Å². The van der Waals surface area contributed by atoms with Crippen molar-refractivity contribution in [3.05, 3.63) is 84.9 Å². The van der Waals surface area contributed by atoms with Gasteiger partial charge >= 0.3 is 21.3 Å². The quantitative estimate of drug-likeness (QED) is 0.177. The molecule has 41 heavy (non-hydrogen) atoms. The predicted molar refractivity (Wildman–Crippen MR) is 151 cm³/mol. The molecule has 7 rings (SSSR count). The highest BCUT2D eigenvalue weighted by Crippen LogP contribution is 2.60. The Kier molecular flexibility index (Phi) is 8.46. The average Bonchev–Trinajstić information content (AvgIpc) is 2.93. The Morgan fingerprint density at radius 3 is 1.63 bits per heavy atom. The van der Waals surface area contributed by atoms with Crippen LogP contribution in [0.2, 0.25) is 0 Å². The van der Waals surface area contributed by atoms with Crippen LogP contribution in [-0.2, 0) is 30.5 Å². The first-order chi connectivity index (χ1) is 19.5. The van der Waals surface area contributed by atoms with Gasteiger partial charge in [0, 0.05) is 0 Å². The largest absolute Gasteiger partial charge is 0.508 e. The smallest absolute Gasteiger partial charge is 0.402 e. The molecule has 10 heteroatoms. The van der Waals surface area contributed by atoms with Crippen molar-refractivity contribution in [2.75, 3.05) is 6.61 Å². The number of phenolic OH excluding ortho intramolecular Hbond substituents is 1. The molecule has 218 valence electrons. The molecule has 0 amide bonds. The standard InChI is InChI=1S/C18H14OS.C13H18F2O5S/c19-15-11-13-18(14-12-15)20(16-7-3-1-4-8-16)17-9-5-2-6-10-17;14-13(15,21(17,18)19)7-20-11(16)12-4-8-1-9(5-12)3-10(2-8)6-12/h1-14H;8-10H,1-7H2,(H,17,18,19)/p+1. The number of hydrogen-bond donors (Lipinski definition) is 2. The minimum atomic E-state index is -5.56. The molecular weight excluding hydrogens is 570 g/mol. The predicted octanol–water partition coefficient (Wildman–Crippen LogP) is 6.71. The molecule has 4 bridgehead atoms. The van der Waals surface area contributed by atoms with E-state index in [1.54, 1.807) is 12.1 Å². The fourth-order valence-corrected chi connectivity index (χ4v) is 9.13. The van der Waals surface area contributed by atoms with E-state index in [9.17, 15) is 27.1 Å². The molecule has 0 heterocycles. The summed E-state index contributed by atoms with van der Waals surface area (Å²) < 4.78 is 60.4. The zero-order valence-corrected chi connectivity index (χ0v) is 24.0. The van der Waals surface area contributed by atoms with Gasteiger partial charge in [-0.3, -0.25) is 9.35 Å². The number of rotatable bonds is 7. The van der Waals surface area contributed by atoms with Crippen LogP contribution in [-0.4, -0.2) is 35.9 Å². The van der Waals surface area contributed by atoms with Crippen molar-refractivity contribution >= 4 is 27.0 Å². The molecule has 4 fully saturated rings. The minimum Gasteiger partial charge on any atom is -0.508 e. The molecule has 0 saturated heterocycles. The molecule has 4 aliphatic rings. The number of benzene rings is 3. The molecule has 0 unspecified atom stereocenters. The summed E-state index contributed by atoms with van der Waals surface area (Å²) in [4.78, 5) is 16.0. The first-order valence-corrected chi connectivity index (χ1v) is 16.3. The lowest BCUT2D eigenvalue weighted by molar-refractivity contribution is -0.176. The molecule has 4 saturated carbocycles. The number of hydrogen-bond acceptors (Lipinski definition) is 5. The fourth-order valence-electron chi connectivity index (χ4n) is 6.84. The summed E-state index contributed by atoms with van der Waals surface area (Å²) in [6, 6.07) is 28.5. The summed E-state index contributed by atoms with van der Waals surface area (Å²) in [6.07, 6.45) is 5.22. The molecular formula is C31H33F2O6S2+. The van der Waals surface area contributed by atoms with Crippen LogP contribution in [0.15, 0.2) is 99.6 Å². The highest BCUT2D eigenvalue weighted by Gasteiger charge is 2.56. The van der Waals surface area contributed by atoms with Gasteiger partial charge in [0.1, 0.15) is 5.75 Å². The summed E-state index contributed by atoms with van der Waals surface area (Å²) in [5.74, 6) is 0.922. The van der Waals surface area contributed by atoms with Gasteiger partial charge in [-0.15, -0.1) is 0 Å². The molecule has 4 aliphatic carbocycles. The van der Waals surface area contributed by atoms with Gasteiger partial charge in [-0.2, -0.15) is 17.2 Å². The van der Waals surface area contributed by atoms with Crippen molar-refractivity contribution in [1.82, 2.24) is 0 Å². The molecule has 6 nitrogen and oxygen atoms in total. The lowest BCUT2D eigenvalue weighted by Gasteiger charge is -2.55. The van der Waals surface area contributed by atoms with Gasteiger partial charge in [0.05, 0.1) is 16.3 Å². The van der Waals surface area contributed by atoms with E-state index in [2.05, 4.69) is 53.3 Å². The molecule has 3 aromatic carbocycles. The Hall–Kier alpha value is -2.95. The number of carbonyl (C=O) groups is 1. The minimum absolute atomic E-state index is 0.134. The van der Waals surface area contributed by atoms with Crippen molar-refractivity contribution in [1.29, 1.82) is 0 Å². The maximum Gasteiger partial charge on any atom is 0.402 e. The average molecular weight is 604 g/mol. The van der Waals surface area contributed by atoms with Crippen LogP contribution in [0.1, 0.15) is 38.5 Å².